The van der Waals surface area contributed by atoms with Gasteiger partial charge in [0, 0.05) is 53.9 Å². The summed E-state index contributed by atoms with van der Waals surface area (Å²) >= 11 is 7.39. The summed E-state index contributed by atoms with van der Waals surface area (Å²) in [5, 5.41) is 0. The fourth-order valence-electron chi connectivity index (χ4n) is 10.7. The van der Waals surface area contributed by atoms with Crippen molar-refractivity contribution in [1.82, 2.24) is 0 Å². The molecule has 0 spiro atoms. The maximum Gasteiger partial charge on any atom is 0.0465 e. The average Bonchev–Trinajstić information content (AvgIpc) is 3.65. The van der Waals surface area contributed by atoms with E-state index in [0.717, 1.165) is 31.7 Å². The molecule has 2 atom stereocenters. The van der Waals surface area contributed by atoms with Crippen molar-refractivity contribution in [2.45, 2.75) is 106 Å². The second kappa shape index (κ2) is 16.5. The van der Waals surface area contributed by atoms with E-state index >= 15 is 0 Å². The quantitative estimate of drug-likeness (QED) is 0.135. The Morgan fingerprint density at radius 1 is 0.391 bits per heavy atom. The van der Waals surface area contributed by atoms with Gasteiger partial charge in [0.1, 0.15) is 0 Å². The Bertz CT molecular complexity index is 2680. The van der Waals surface area contributed by atoms with Crippen LogP contribution in [-0.2, 0) is 10.8 Å². The molecule has 0 aromatic heterocycles. The molecule has 326 valence electrons. The summed E-state index contributed by atoms with van der Waals surface area (Å²) in [6.45, 7) is 28.5. The van der Waals surface area contributed by atoms with Crippen LogP contribution in [0.1, 0.15) is 126 Å². The van der Waals surface area contributed by atoms with Gasteiger partial charge in [0.05, 0.1) is 0 Å². The highest BCUT2D eigenvalue weighted by molar-refractivity contribution is 9.10. The predicted octanol–water partition coefficient (Wildman–Crippen LogP) is 18.9. The zero-order valence-electron chi connectivity index (χ0n) is 39.7. The van der Waals surface area contributed by atoms with Gasteiger partial charge in [-0.1, -0.05) is 137 Å². The number of nitrogens with zero attached hydrogens (tertiary/aromatic N) is 2. The van der Waals surface area contributed by atoms with Crippen molar-refractivity contribution < 1.29 is 0 Å². The summed E-state index contributed by atoms with van der Waals surface area (Å²) in [5.41, 5.74) is 23.2. The Morgan fingerprint density at radius 3 is 0.969 bits per heavy atom. The van der Waals surface area contributed by atoms with Crippen LogP contribution in [0.5, 0.6) is 0 Å². The molecule has 0 bridgehead atoms. The van der Waals surface area contributed by atoms with Crippen molar-refractivity contribution in [3.63, 3.8) is 0 Å². The summed E-state index contributed by atoms with van der Waals surface area (Å²) in [4.78, 5) is 4.85. The number of hydrogen-bond acceptors (Lipinski definition) is 2. The van der Waals surface area contributed by atoms with Crippen LogP contribution in [0.25, 0.3) is 22.3 Å². The molecule has 64 heavy (non-hydrogen) atoms. The maximum absolute atomic E-state index is 3.70. The number of fused-ring (bicyclic) bond motifs is 7. The second-order valence-corrected chi connectivity index (χ2v) is 22.2. The van der Waals surface area contributed by atoms with Gasteiger partial charge < -0.3 is 9.80 Å². The van der Waals surface area contributed by atoms with Gasteiger partial charge in [-0.2, -0.15) is 0 Å². The van der Waals surface area contributed by atoms with Gasteiger partial charge in [0.15, 0.2) is 0 Å². The monoisotopic (exact) mass is 968 g/mol. The van der Waals surface area contributed by atoms with Crippen LogP contribution in [0.15, 0.2) is 142 Å². The number of halogens is 2. The van der Waals surface area contributed by atoms with Crippen LogP contribution in [-0.4, -0.2) is 0 Å². The first-order valence-corrected chi connectivity index (χ1v) is 24.8. The third-order valence-corrected chi connectivity index (χ3v) is 16.3. The van der Waals surface area contributed by atoms with Crippen molar-refractivity contribution in [3.05, 3.63) is 187 Å². The van der Waals surface area contributed by atoms with Crippen molar-refractivity contribution in [2.24, 2.45) is 11.8 Å². The standard InChI is InChI=1S/C60H62Br2N2/c1-35(2)37(5)41-13-21-45(22-14-41)63(47-25-17-43(61)18-26-47)49-29-31-51-53(33-49)59(9,10)57-55(51)39(7)40(8)56-52-32-30-50(34-54(52)60(11,12)58(56)57)64(48-27-19-44(62)20-28-48)46-23-15-42(16-24-46)38(6)36(3)4/h13-38H,1-12H3. The molecule has 2 nitrogen and oxygen atoms in total. The molecule has 0 N–H and O–H groups in total. The highest BCUT2D eigenvalue weighted by Crippen LogP contribution is 2.62. The Balaban J connectivity index is 1.16. The fourth-order valence-corrected chi connectivity index (χ4v) is 11.2. The second-order valence-electron chi connectivity index (χ2n) is 20.3. The molecule has 0 fully saturated rings. The Morgan fingerprint density at radius 2 is 0.672 bits per heavy atom. The first-order chi connectivity index (χ1) is 30.4. The number of rotatable bonds is 10. The van der Waals surface area contributed by atoms with Crippen LogP contribution in [0.2, 0.25) is 0 Å². The third kappa shape index (κ3) is 7.28. The lowest BCUT2D eigenvalue weighted by Crippen LogP contribution is -2.25. The predicted molar refractivity (Wildman–Crippen MR) is 282 cm³/mol. The molecule has 7 aromatic carbocycles. The smallest absolute Gasteiger partial charge is 0.0465 e. The van der Waals surface area contributed by atoms with Gasteiger partial charge in [-0.25, -0.2) is 0 Å². The number of anilines is 6. The lowest BCUT2D eigenvalue weighted by molar-refractivity contribution is 0.535. The minimum Gasteiger partial charge on any atom is -0.310 e. The molecule has 9 rings (SSSR count). The molecular formula is C60H62Br2N2. The van der Waals surface area contributed by atoms with Gasteiger partial charge in [-0.3, -0.25) is 0 Å². The van der Waals surface area contributed by atoms with Crippen LogP contribution in [0.4, 0.5) is 34.1 Å². The summed E-state index contributed by atoms with van der Waals surface area (Å²) in [6.07, 6.45) is 0. The van der Waals surface area contributed by atoms with E-state index in [1.54, 1.807) is 0 Å². The molecule has 0 saturated heterocycles. The van der Waals surface area contributed by atoms with Crippen molar-refractivity contribution >= 4 is 66.0 Å². The maximum atomic E-state index is 3.70. The van der Waals surface area contributed by atoms with E-state index < -0.39 is 0 Å². The SMILES string of the molecule is Cc1c(C)c2c(c3c1-c1ccc(N(c4ccc(Br)cc4)c4ccc(C(C)C(C)C)cc4)cc1C3(C)C)C(C)(C)c1cc(N(c3ccc(Br)cc3)c3ccc(C(C)C(C)C)cc3)ccc1-2. The van der Waals surface area contributed by atoms with Crippen molar-refractivity contribution in [3.8, 4) is 22.3 Å². The van der Waals surface area contributed by atoms with E-state index in [1.165, 1.54) is 78.1 Å². The summed E-state index contributed by atoms with van der Waals surface area (Å²) in [7, 11) is 0. The van der Waals surface area contributed by atoms with Gasteiger partial charge in [0.25, 0.3) is 0 Å². The Labute approximate surface area is 400 Å². The minimum absolute atomic E-state index is 0.244. The van der Waals surface area contributed by atoms with Crippen LogP contribution >= 0.6 is 31.9 Å². The number of hydrogen-bond donors (Lipinski definition) is 0. The molecule has 2 aliphatic rings. The topological polar surface area (TPSA) is 6.48 Å². The van der Waals surface area contributed by atoms with Gasteiger partial charge in [0.2, 0.25) is 0 Å². The molecule has 0 aliphatic heterocycles. The van der Waals surface area contributed by atoms with Gasteiger partial charge in [-0.15, -0.1) is 0 Å². The lowest BCUT2D eigenvalue weighted by Gasteiger charge is -2.33. The van der Waals surface area contributed by atoms with E-state index in [1.807, 2.05) is 0 Å². The molecular weight excluding hydrogens is 908 g/mol. The summed E-state index contributed by atoms with van der Waals surface area (Å²) in [5.74, 6) is 2.14. The molecule has 7 aromatic rings. The minimum atomic E-state index is -0.244. The van der Waals surface area contributed by atoms with E-state index in [4.69, 9.17) is 0 Å². The van der Waals surface area contributed by atoms with Crippen molar-refractivity contribution in [1.29, 1.82) is 0 Å². The Hall–Kier alpha value is -4.90. The first kappa shape index (κ1) is 44.3. The third-order valence-electron chi connectivity index (χ3n) is 15.2. The van der Waals surface area contributed by atoms with Crippen LogP contribution in [0.3, 0.4) is 0 Å². The zero-order valence-corrected chi connectivity index (χ0v) is 42.8. The molecule has 4 heteroatoms. The highest BCUT2D eigenvalue weighted by atomic mass is 79.9. The highest BCUT2D eigenvalue weighted by Gasteiger charge is 2.48. The van der Waals surface area contributed by atoms with Crippen LogP contribution < -0.4 is 9.80 Å². The molecule has 0 radical (unpaired) electrons. The average molecular weight is 971 g/mol. The van der Waals surface area contributed by atoms with E-state index in [-0.39, 0.29) is 10.8 Å². The fraction of sp³-hybridized carbons (Fsp3) is 0.300. The molecule has 2 aliphatic carbocycles. The van der Waals surface area contributed by atoms with E-state index in [2.05, 4.69) is 258 Å². The molecule has 2 unspecified atom stereocenters. The first-order valence-electron chi connectivity index (χ1n) is 23.2. The van der Waals surface area contributed by atoms with E-state index in [0.29, 0.717) is 23.7 Å². The summed E-state index contributed by atoms with van der Waals surface area (Å²) in [6, 6.07) is 50.4. The normalized spacial score (nSPS) is 15.1. The van der Waals surface area contributed by atoms with E-state index in [9.17, 15) is 0 Å². The molecule has 0 saturated carbocycles. The van der Waals surface area contributed by atoms with Gasteiger partial charge >= 0.3 is 0 Å². The Kier molecular flexibility index (Phi) is 11.4. The summed E-state index contributed by atoms with van der Waals surface area (Å²) < 4.78 is 2.15. The zero-order chi connectivity index (χ0) is 45.6. The van der Waals surface area contributed by atoms with Crippen molar-refractivity contribution in [2.75, 3.05) is 9.80 Å². The lowest BCUT2D eigenvalue weighted by atomic mass is 9.71. The van der Waals surface area contributed by atoms with Gasteiger partial charge in [-0.05, 0) is 201 Å². The molecule has 0 amide bonds. The number of benzene rings is 7. The largest absolute Gasteiger partial charge is 0.310 e. The van der Waals surface area contributed by atoms with Crippen LogP contribution in [0, 0.1) is 25.7 Å². The molecule has 0 heterocycles.